The van der Waals surface area contributed by atoms with Crippen LogP contribution in [0.2, 0.25) is 5.15 Å². The van der Waals surface area contributed by atoms with E-state index in [-0.39, 0.29) is 5.92 Å². The average Bonchev–Trinajstić information content (AvgIpc) is 2.47. The summed E-state index contributed by atoms with van der Waals surface area (Å²) < 4.78 is 5.30. The number of nitriles is 1. The van der Waals surface area contributed by atoms with Gasteiger partial charge in [-0.1, -0.05) is 31.5 Å². The van der Waals surface area contributed by atoms with Crippen LogP contribution in [0.1, 0.15) is 30.9 Å². The van der Waals surface area contributed by atoms with Gasteiger partial charge in [0.1, 0.15) is 34.8 Å². The summed E-state index contributed by atoms with van der Waals surface area (Å²) >= 11 is 6.15. The van der Waals surface area contributed by atoms with Gasteiger partial charge in [-0.2, -0.15) is 5.26 Å². The van der Waals surface area contributed by atoms with Crippen LogP contribution in [0.15, 0.2) is 24.5 Å². The van der Waals surface area contributed by atoms with Crippen molar-refractivity contribution in [2.24, 2.45) is 0 Å². The van der Waals surface area contributed by atoms with Gasteiger partial charge in [-0.3, -0.25) is 0 Å². The molecule has 1 N–H and O–H groups in total. The van der Waals surface area contributed by atoms with Crippen LogP contribution in [0, 0.1) is 11.3 Å². The fourth-order valence-electron chi connectivity index (χ4n) is 2.03. The highest BCUT2D eigenvalue weighted by Gasteiger charge is 2.17. The Morgan fingerprint density at radius 3 is 2.71 bits per heavy atom. The first-order chi connectivity index (χ1) is 10.1. The molecule has 0 unspecified atom stereocenters. The van der Waals surface area contributed by atoms with E-state index in [4.69, 9.17) is 16.3 Å². The number of aromatic nitrogens is 2. The van der Waals surface area contributed by atoms with Gasteiger partial charge < -0.3 is 10.1 Å². The maximum absolute atomic E-state index is 9.25. The normalized spacial score (nSPS) is 10.3. The van der Waals surface area contributed by atoms with Gasteiger partial charge >= 0.3 is 0 Å². The lowest BCUT2D eigenvalue weighted by atomic mass is 10.1. The van der Waals surface area contributed by atoms with Crippen molar-refractivity contribution < 1.29 is 4.74 Å². The van der Waals surface area contributed by atoms with Crippen LogP contribution in [0.5, 0.6) is 5.75 Å². The van der Waals surface area contributed by atoms with Gasteiger partial charge in [0.15, 0.2) is 0 Å². The molecule has 2 rings (SSSR count). The molecule has 6 heteroatoms. The fraction of sp³-hybridized carbons (Fsp3) is 0.267. The fourth-order valence-corrected chi connectivity index (χ4v) is 2.38. The van der Waals surface area contributed by atoms with Crippen molar-refractivity contribution in [2.45, 2.75) is 19.8 Å². The molecule has 0 saturated heterocycles. The Kier molecular flexibility index (Phi) is 4.61. The number of ether oxygens (including phenoxy) is 1. The molecule has 5 nitrogen and oxygen atoms in total. The molecule has 0 fully saturated rings. The maximum Gasteiger partial charge on any atom is 0.143 e. The molecular weight excluding hydrogens is 288 g/mol. The van der Waals surface area contributed by atoms with Gasteiger partial charge in [0.05, 0.1) is 12.7 Å². The zero-order valence-corrected chi connectivity index (χ0v) is 12.8. The number of nitrogens with zero attached hydrogens (tertiary/aromatic N) is 3. The van der Waals surface area contributed by atoms with E-state index < -0.39 is 0 Å². The minimum absolute atomic E-state index is 0.140. The Morgan fingerprint density at radius 1 is 1.33 bits per heavy atom. The van der Waals surface area contributed by atoms with Crippen molar-refractivity contribution in [3.05, 3.63) is 40.8 Å². The maximum atomic E-state index is 9.25. The van der Waals surface area contributed by atoms with E-state index >= 15 is 0 Å². The summed E-state index contributed by atoms with van der Waals surface area (Å²) in [6, 6.07) is 7.39. The Bertz CT molecular complexity index is 695. The molecule has 1 aromatic heterocycles. The highest BCUT2D eigenvalue weighted by molar-refractivity contribution is 6.30. The molecule has 1 aromatic carbocycles. The van der Waals surface area contributed by atoms with E-state index in [1.54, 1.807) is 25.3 Å². The van der Waals surface area contributed by atoms with Crippen LogP contribution in [0.4, 0.5) is 11.5 Å². The molecule has 108 valence electrons. The standard InChI is InChI=1S/C15H15ClN4O/c1-9(2)12-14(16)18-8-19-15(12)20-13-10(7-17)5-4-6-11(13)21-3/h4-6,8-9H,1-3H3,(H,18,19,20). The number of hydrogen-bond donors (Lipinski definition) is 1. The number of rotatable bonds is 4. The number of methoxy groups -OCH3 is 1. The summed E-state index contributed by atoms with van der Waals surface area (Å²) in [4.78, 5) is 8.24. The van der Waals surface area contributed by atoms with Gasteiger partial charge in [0.25, 0.3) is 0 Å². The van der Waals surface area contributed by atoms with E-state index in [1.807, 2.05) is 13.8 Å². The third-order valence-corrected chi connectivity index (χ3v) is 3.32. The zero-order valence-electron chi connectivity index (χ0n) is 12.0. The van der Waals surface area contributed by atoms with E-state index in [9.17, 15) is 5.26 Å². The highest BCUT2D eigenvalue weighted by Crippen LogP contribution is 2.34. The third kappa shape index (κ3) is 3.06. The SMILES string of the molecule is COc1cccc(C#N)c1Nc1ncnc(Cl)c1C(C)C. The summed E-state index contributed by atoms with van der Waals surface area (Å²) in [6.45, 7) is 4.01. The number of anilines is 2. The molecule has 0 saturated carbocycles. The average molecular weight is 303 g/mol. The molecule has 1 heterocycles. The van der Waals surface area contributed by atoms with Gasteiger partial charge in [-0.25, -0.2) is 9.97 Å². The lowest BCUT2D eigenvalue weighted by Crippen LogP contribution is -2.05. The second kappa shape index (κ2) is 6.42. The van der Waals surface area contributed by atoms with Crippen molar-refractivity contribution in [1.82, 2.24) is 9.97 Å². The summed E-state index contributed by atoms with van der Waals surface area (Å²) in [5.41, 5.74) is 1.84. The largest absolute Gasteiger partial charge is 0.495 e. The molecular formula is C15H15ClN4O. The predicted octanol–water partition coefficient (Wildman–Crippen LogP) is 3.88. The first kappa shape index (κ1) is 15.1. The second-order valence-electron chi connectivity index (χ2n) is 4.70. The van der Waals surface area contributed by atoms with E-state index in [1.165, 1.54) is 6.33 Å². The van der Waals surface area contributed by atoms with Gasteiger partial charge in [-0.15, -0.1) is 0 Å². The molecule has 0 bridgehead atoms. The topological polar surface area (TPSA) is 70.8 Å². The lowest BCUT2D eigenvalue weighted by molar-refractivity contribution is 0.416. The number of hydrogen-bond acceptors (Lipinski definition) is 5. The van der Waals surface area contributed by atoms with Crippen LogP contribution in [-0.4, -0.2) is 17.1 Å². The number of benzene rings is 1. The van der Waals surface area contributed by atoms with Gasteiger partial charge in [-0.05, 0) is 18.1 Å². The number of halogens is 1. The van der Waals surface area contributed by atoms with Crippen molar-refractivity contribution in [3.8, 4) is 11.8 Å². The summed E-state index contributed by atoms with van der Waals surface area (Å²) in [6.07, 6.45) is 1.39. The lowest BCUT2D eigenvalue weighted by Gasteiger charge is -2.16. The molecule has 0 amide bonds. The Morgan fingerprint density at radius 2 is 2.10 bits per heavy atom. The third-order valence-electron chi connectivity index (χ3n) is 3.02. The van der Waals surface area contributed by atoms with E-state index in [0.29, 0.717) is 28.0 Å². The Hall–Kier alpha value is -2.32. The van der Waals surface area contributed by atoms with E-state index in [0.717, 1.165) is 5.56 Å². The molecule has 0 spiro atoms. The smallest absolute Gasteiger partial charge is 0.143 e. The van der Waals surface area contributed by atoms with Crippen LogP contribution >= 0.6 is 11.6 Å². The Balaban J connectivity index is 2.54. The zero-order chi connectivity index (χ0) is 15.4. The molecule has 0 aliphatic heterocycles. The van der Waals surface area contributed by atoms with Gasteiger partial charge in [0, 0.05) is 5.56 Å². The van der Waals surface area contributed by atoms with Crippen LogP contribution in [-0.2, 0) is 0 Å². The van der Waals surface area contributed by atoms with Crippen molar-refractivity contribution in [2.75, 3.05) is 12.4 Å². The monoisotopic (exact) mass is 302 g/mol. The quantitative estimate of drug-likeness (QED) is 0.868. The van der Waals surface area contributed by atoms with Gasteiger partial charge in [0.2, 0.25) is 0 Å². The predicted molar refractivity (Wildman–Crippen MR) is 82.1 cm³/mol. The van der Waals surface area contributed by atoms with Crippen molar-refractivity contribution >= 4 is 23.1 Å². The first-order valence-electron chi connectivity index (χ1n) is 6.43. The first-order valence-corrected chi connectivity index (χ1v) is 6.80. The summed E-state index contributed by atoms with van der Waals surface area (Å²) in [5.74, 6) is 1.28. The van der Waals surface area contributed by atoms with E-state index in [2.05, 4.69) is 21.4 Å². The number of nitrogens with one attached hydrogen (secondary N) is 1. The highest BCUT2D eigenvalue weighted by atomic mass is 35.5. The second-order valence-corrected chi connectivity index (χ2v) is 5.06. The minimum Gasteiger partial charge on any atom is -0.495 e. The molecule has 21 heavy (non-hydrogen) atoms. The van der Waals surface area contributed by atoms with Crippen molar-refractivity contribution in [3.63, 3.8) is 0 Å². The minimum atomic E-state index is 0.140. The molecule has 0 aliphatic rings. The van der Waals surface area contributed by atoms with Crippen LogP contribution in [0.25, 0.3) is 0 Å². The number of para-hydroxylation sites is 1. The Labute approximate surface area is 128 Å². The van der Waals surface area contributed by atoms with Crippen LogP contribution in [0.3, 0.4) is 0 Å². The molecule has 0 atom stereocenters. The van der Waals surface area contributed by atoms with Crippen molar-refractivity contribution in [1.29, 1.82) is 5.26 Å². The molecule has 2 aromatic rings. The summed E-state index contributed by atoms with van der Waals surface area (Å²) in [7, 11) is 1.55. The molecule has 0 aliphatic carbocycles. The van der Waals surface area contributed by atoms with Crippen LogP contribution < -0.4 is 10.1 Å². The molecule has 0 radical (unpaired) electrons. The summed E-state index contributed by atoms with van der Waals surface area (Å²) in [5, 5.41) is 12.8.